The van der Waals surface area contributed by atoms with Gasteiger partial charge in [-0.3, -0.25) is 0 Å². The molecule has 0 bridgehead atoms. The molecule has 1 aliphatic rings. The second-order valence-corrected chi connectivity index (χ2v) is 6.74. The van der Waals surface area contributed by atoms with Crippen LogP contribution in [0.5, 0.6) is 5.75 Å². The van der Waals surface area contributed by atoms with Crippen LogP contribution in [0.4, 0.5) is 0 Å². The number of hydrogen-bond donors (Lipinski definition) is 1. The van der Waals surface area contributed by atoms with Crippen LogP contribution in [-0.2, 0) is 12.8 Å². The van der Waals surface area contributed by atoms with Crippen molar-refractivity contribution in [1.29, 1.82) is 0 Å². The first-order valence-corrected chi connectivity index (χ1v) is 8.84. The molecule has 2 aromatic carbocycles. The summed E-state index contributed by atoms with van der Waals surface area (Å²) in [6, 6.07) is 18.5. The number of aromatic hydroxyl groups is 1. The number of nitrogens with zero attached hydrogens (tertiary/aromatic N) is 1. The lowest BCUT2D eigenvalue weighted by atomic mass is 9.90. The van der Waals surface area contributed by atoms with E-state index in [-0.39, 0.29) is 0 Å². The van der Waals surface area contributed by atoms with Crippen molar-refractivity contribution in [2.45, 2.75) is 32.1 Å². The number of piperidine rings is 1. The van der Waals surface area contributed by atoms with Gasteiger partial charge in [-0.05, 0) is 80.9 Å². The molecule has 0 amide bonds. The Morgan fingerprint density at radius 2 is 1.57 bits per heavy atom. The summed E-state index contributed by atoms with van der Waals surface area (Å²) < 4.78 is 0. The Bertz CT molecular complexity index is 571. The molecule has 1 heterocycles. The molecular weight excluding hydrogens is 282 g/mol. The Balaban J connectivity index is 1.35. The highest BCUT2D eigenvalue weighted by molar-refractivity contribution is 5.25. The van der Waals surface area contributed by atoms with Crippen LogP contribution in [0.25, 0.3) is 0 Å². The highest BCUT2D eigenvalue weighted by Crippen LogP contribution is 2.22. The van der Waals surface area contributed by atoms with Gasteiger partial charge in [0.1, 0.15) is 5.75 Å². The van der Waals surface area contributed by atoms with E-state index in [2.05, 4.69) is 35.2 Å². The Kier molecular flexibility index (Phi) is 5.71. The van der Waals surface area contributed by atoms with Crippen LogP contribution in [0.3, 0.4) is 0 Å². The average molecular weight is 309 g/mol. The lowest BCUT2D eigenvalue weighted by Crippen LogP contribution is -2.35. The molecule has 0 atom stereocenters. The fraction of sp³-hybridized carbons (Fsp3) is 0.429. The minimum absolute atomic E-state index is 0.356. The topological polar surface area (TPSA) is 23.5 Å². The van der Waals surface area contributed by atoms with Gasteiger partial charge < -0.3 is 10.0 Å². The summed E-state index contributed by atoms with van der Waals surface area (Å²) in [5.74, 6) is 1.21. The van der Waals surface area contributed by atoms with E-state index in [1.807, 2.05) is 12.1 Å². The molecule has 0 aliphatic carbocycles. The number of rotatable bonds is 6. The Morgan fingerprint density at radius 1 is 0.870 bits per heavy atom. The summed E-state index contributed by atoms with van der Waals surface area (Å²) in [4.78, 5) is 2.61. The average Bonchev–Trinajstić information content (AvgIpc) is 2.59. The van der Waals surface area contributed by atoms with E-state index < -0.39 is 0 Å². The van der Waals surface area contributed by atoms with Gasteiger partial charge in [0.15, 0.2) is 0 Å². The second kappa shape index (κ2) is 8.16. The first kappa shape index (κ1) is 16.1. The van der Waals surface area contributed by atoms with Crippen molar-refractivity contribution in [1.82, 2.24) is 4.90 Å². The van der Waals surface area contributed by atoms with Crippen LogP contribution in [0.2, 0.25) is 0 Å². The van der Waals surface area contributed by atoms with E-state index in [0.29, 0.717) is 5.75 Å². The van der Waals surface area contributed by atoms with Gasteiger partial charge in [0.25, 0.3) is 0 Å². The van der Waals surface area contributed by atoms with E-state index in [1.165, 1.54) is 56.4 Å². The molecule has 0 unspecified atom stereocenters. The number of likely N-dealkylation sites (tertiary alicyclic amines) is 1. The molecular formula is C21H27NO. The van der Waals surface area contributed by atoms with Crippen LogP contribution in [0.15, 0.2) is 54.6 Å². The fourth-order valence-corrected chi connectivity index (χ4v) is 3.53. The smallest absolute Gasteiger partial charge is 0.115 e. The van der Waals surface area contributed by atoms with Gasteiger partial charge in [0, 0.05) is 0 Å². The Morgan fingerprint density at radius 3 is 2.26 bits per heavy atom. The quantitative estimate of drug-likeness (QED) is 0.861. The molecule has 122 valence electrons. The number of phenolic OH excluding ortho intramolecular Hbond substituents is 1. The van der Waals surface area contributed by atoms with Crippen molar-refractivity contribution in [3.05, 3.63) is 65.7 Å². The van der Waals surface area contributed by atoms with E-state index in [0.717, 1.165) is 12.3 Å². The largest absolute Gasteiger partial charge is 0.508 e. The number of hydrogen-bond acceptors (Lipinski definition) is 2. The van der Waals surface area contributed by atoms with Crippen molar-refractivity contribution >= 4 is 0 Å². The third-order valence-corrected chi connectivity index (χ3v) is 4.95. The maximum Gasteiger partial charge on any atom is 0.115 e. The van der Waals surface area contributed by atoms with Crippen molar-refractivity contribution < 1.29 is 5.11 Å². The summed E-state index contributed by atoms with van der Waals surface area (Å²) in [5.41, 5.74) is 2.81. The van der Waals surface area contributed by atoms with Crippen LogP contribution < -0.4 is 0 Å². The van der Waals surface area contributed by atoms with Gasteiger partial charge >= 0.3 is 0 Å². The molecule has 0 aromatic heterocycles. The standard InChI is InChI=1S/C21H27NO/c23-21-10-8-18(9-11-21)7-4-14-22-15-12-20(13-16-22)17-19-5-2-1-3-6-19/h1-3,5-6,8-11,20,23H,4,7,12-17H2. The van der Waals surface area contributed by atoms with E-state index in [9.17, 15) is 5.11 Å². The van der Waals surface area contributed by atoms with Crippen molar-refractivity contribution in [3.63, 3.8) is 0 Å². The fourth-order valence-electron chi connectivity index (χ4n) is 3.53. The minimum Gasteiger partial charge on any atom is -0.508 e. The zero-order valence-electron chi connectivity index (χ0n) is 13.8. The maximum absolute atomic E-state index is 9.31. The van der Waals surface area contributed by atoms with Crippen molar-refractivity contribution in [2.75, 3.05) is 19.6 Å². The Labute approximate surface area is 139 Å². The molecule has 1 aliphatic heterocycles. The summed E-state index contributed by atoms with van der Waals surface area (Å²) in [6.07, 6.45) is 6.20. The highest BCUT2D eigenvalue weighted by atomic mass is 16.3. The van der Waals surface area contributed by atoms with E-state index in [4.69, 9.17) is 0 Å². The first-order valence-electron chi connectivity index (χ1n) is 8.84. The van der Waals surface area contributed by atoms with Gasteiger partial charge in [0.2, 0.25) is 0 Å². The van der Waals surface area contributed by atoms with Crippen LogP contribution in [0, 0.1) is 5.92 Å². The molecule has 1 N–H and O–H groups in total. The van der Waals surface area contributed by atoms with Crippen LogP contribution >= 0.6 is 0 Å². The number of benzene rings is 2. The molecule has 0 saturated carbocycles. The highest BCUT2D eigenvalue weighted by Gasteiger charge is 2.18. The van der Waals surface area contributed by atoms with Crippen LogP contribution in [-0.4, -0.2) is 29.6 Å². The zero-order valence-corrected chi connectivity index (χ0v) is 13.8. The molecule has 2 aromatic rings. The maximum atomic E-state index is 9.31. The summed E-state index contributed by atoms with van der Waals surface area (Å²) in [5, 5.41) is 9.31. The second-order valence-electron chi connectivity index (χ2n) is 6.74. The molecule has 1 saturated heterocycles. The molecule has 0 spiro atoms. The number of phenols is 1. The van der Waals surface area contributed by atoms with Crippen LogP contribution in [0.1, 0.15) is 30.4 Å². The third kappa shape index (κ3) is 5.11. The number of aryl methyl sites for hydroxylation is 1. The molecule has 0 radical (unpaired) electrons. The van der Waals surface area contributed by atoms with Crippen molar-refractivity contribution in [3.8, 4) is 5.75 Å². The van der Waals surface area contributed by atoms with Gasteiger partial charge in [-0.1, -0.05) is 42.5 Å². The molecule has 23 heavy (non-hydrogen) atoms. The predicted molar refractivity (Wildman–Crippen MR) is 95.7 cm³/mol. The monoisotopic (exact) mass is 309 g/mol. The predicted octanol–water partition coefficient (Wildman–Crippen LogP) is 4.28. The molecule has 1 fully saturated rings. The third-order valence-electron chi connectivity index (χ3n) is 4.95. The lowest BCUT2D eigenvalue weighted by molar-refractivity contribution is 0.182. The summed E-state index contributed by atoms with van der Waals surface area (Å²) >= 11 is 0. The van der Waals surface area contributed by atoms with Crippen molar-refractivity contribution in [2.24, 2.45) is 5.92 Å². The lowest BCUT2D eigenvalue weighted by Gasteiger charge is -2.32. The molecule has 3 rings (SSSR count). The Hall–Kier alpha value is -1.80. The molecule has 2 nitrogen and oxygen atoms in total. The van der Waals surface area contributed by atoms with Gasteiger partial charge in [-0.15, -0.1) is 0 Å². The summed E-state index contributed by atoms with van der Waals surface area (Å²) in [7, 11) is 0. The van der Waals surface area contributed by atoms with E-state index in [1.54, 1.807) is 12.1 Å². The zero-order chi connectivity index (χ0) is 15.9. The first-order chi connectivity index (χ1) is 11.3. The van der Waals surface area contributed by atoms with E-state index >= 15 is 0 Å². The van der Waals surface area contributed by atoms with Gasteiger partial charge in [0.05, 0.1) is 0 Å². The minimum atomic E-state index is 0.356. The SMILES string of the molecule is Oc1ccc(CCCN2CCC(Cc3ccccc3)CC2)cc1. The van der Waals surface area contributed by atoms with Gasteiger partial charge in [-0.2, -0.15) is 0 Å². The van der Waals surface area contributed by atoms with Gasteiger partial charge in [-0.25, -0.2) is 0 Å². The molecule has 2 heteroatoms. The normalized spacial score (nSPS) is 16.5. The summed E-state index contributed by atoms with van der Waals surface area (Å²) in [6.45, 7) is 3.68.